The molecule has 2 rings (SSSR count). The van der Waals surface area contributed by atoms with Crippen LogP contribution in [0.4, 0.5) is 5.69 Å². The number of hydrogen-bond acceptors (Lipinski definition) is 5. The summed E-state index contributed by atoms with van der Waals surface area (Å²) < 4.78 is 6.57. The highest BCUT2D eigenvalue weighted by Gasteiger charge is 2.17. The van der Waals surface area contributed by atoms with Gasteiger partial charge < -0.3 is 10.1 Å². The smallest absolute Gasteiger partial charge is 0.311 e. The van der Waals surface area contributed by atoms with Gasteiger partial charge in [-0.2, -0.15) is 5.10 Å². The topological polar surface area (TPSA) is 99.3 Å². The SMILES string of the molecule is COc1ccc(C(=O)NCCCn2cc(Cl)cn2)cc1[N+](=O)[O-]. The van der Waals surface area contributed by atoms with Gasteiger partial charge in [0.1, 0.15) is 0 Å². The van der Waals surface area contributed by atoms with Crippen molar-refractivity contribution in [3.05, 3.63) is 51.3 Å². The van der Waals surface area contributed by atoms with E-state index in [1.807, 2.05) is 0 Å². The minimum Gasteiger partial charge on any atom is -0.490 e. The number of aromatic nitrogens is 2. The minimum atomic E-state index is -0.586. The van der Waals surface area contributed by atoms with Crippen molar-refractivity contribution in [2.45, 2.75) is 13.0 Å². The first-order valence-corrected chi connectivity index (χ1v) is 7.17. The fraction of sp³-hybridized carbons (Fsp3) is 0.286. The highest BCUT2D eigenvalue weighted by molar-refractivity contribution is 6.30. The van der Waals surface area contributed by atoms with Gasteiger partial charge in [0.15, 0.2) is 5.75 Å². The Morgan fingerprint density at radius 1 is 1.52 bits per heavy atom. The van der Waals surface area contributed by atoms with Crippen molar-refractivity contribution in [1.29, 1.82) is 0 Å². The number of nitro groups is 1. The first-order valence-electron chi connectivity index (χ1n) is 6.80. The molecule has 8 nitrogen and oxygen atoms in total. The van der Waals surface area contributed by atoms with Crippen LogP contribution in [0.1, 0.15) is 16.8 Å². The molecule has 0 bridgehead atoms. The van der Waals surface area contributed by atoms with Gasteiger partial charge in [0.25, 0.3) is 5.91 Å². The Bertz CT molecular complexity index is 717. The summed E-state index contributed by atoms with van der Waals surface area (Å²) in [5, 5.41) is 18.2. The van der Waals surface area contributed by atoms with Crippen LogP contribution in [0.5, 0.6) is 5.75 Å². The van der Waals surface area contributed by atoms with Crippen LogP contribution < -0.4 is 10.1 Å². The van der Waals surface area contributed by atoms with Gasteiger partial charge in [-0.25, -0.2) is 0 Å². The van der Waals surface area contributed by atoms with E-state index >= 15 is 0 Å². The Labute approximate surface area is 137 Å². The molecule has 0 aliphatic rings. The first kappa shape index (κ1) is 16.8. The number of aryl methyl sites for hydroxylation is 1. The number of methoxy groups -OCH3 is 1. The number of rotatable bonds is 7. The highest BCUT2D eigenvalue weighted by atomic mass is 35.5. The van der Waals surface area contributed by atoms with Gasteiger partial charge in [-0.05, 0) is 18.6 Å². The molecule has 0 fully saturated rings. The lowest BCUT2D eigenvalue weighted by Gasteiger charge is -2.07. The third kappa shape index (κ3) is 4.43. The molecule has 1 amide bonds. The molecule has 2 aromatic rings. The summed E-state index contributed by atoms with van der Waals surface area (Å²) in [7, 11) is 1.34. The zero-order chi connectivity index (χ0) is 16.8. The van der Waals surface area contributed by atoms with Crippen molar-refractivity contribution in [3.63, 3.8) is 0 Å². The van der Waals surface area contributed by atoms with Gasteiger partial charge in [0.2, 0.25) is 0 Å². The van der Waals surface area contributed by atoms with Crippen LogP contribution in [0.2, 0.25) is 5.02 Å². The largest absolute Gasteiger partial charge is 0.490 e. The van der Waals surface area contributed by atoms with E-state index < -0.39 is 4.92 Å². The lowest BCUT2D eigenvalue weighted by atomic mass is 10.1. The average molecular weight is 339 g/mol. The number of amides is 1. The van der Waals surface area contributed by atoms with Crippen LogP contribution in [-0.2, 0) is 6.54 Å². The summed E-state index contributed by atoms with van der Waals surface area (Å²) in [6.45, 7) is 1.02. The van der Waals surface area contributed by atoms with Crippen LogP contribution in [0.25, 0.3) is 0 Å². The van der Waals surface area contributed by atoms with Crippen LogP contribution in [0, 0.1) is 10.1 Å². The van der Waals surface area contributed by atoms with E-state index in [0.29, 0.717) is 24.5 Å². The molecule has 0 radical (unpaired) electrons. The molecular weight excluding hydrogens is 324 g/mol. The van der Waals surface area contributed by atoms with Gasteiger partial charge in [0, 0.05) is 30.9 Å². The van der Waals surface area contributed by atoms with Gasteiger partial charge >= 0.3 is 5.69 Å². The average Bonchev–Trinajstić information content (AvgIpc) is 2.96. The molecular formula is C14H15ClN4O4. The number of hydrogen-bond donors (Lipinski definition) is 1. The monoisotopic (exact) mass is 338 g/mol. The van der Waals surface area contributed by atoms with E-state index in [2.05, 4.69) is 10.4 Å². The van der Waals surface area contributed by atoms with Crippen LogP contribution >= 0.6 is 11.6 Å². The number of carbonyl (C=O) groups excluding carboxylic acids is 1. The van der Waals surface area contributed by atoms with Crippen molar-refractivity contribution in [2.24, 2.45) is 0 Å². The summed E-state index contributed by atoms with van der Waals surface area (Å²) in [5.41, 5.74) is -0.0361. The number of nitro benzene ring substituents is 1. The molecule has 1 N–H and O–H groups in total. The number of nitrogens with one attached hydrogen (secondary N) is 1. The Balaban J connectivity index is 1.90. The highest BCUT2D eigenvalue weighted by Crippen LogP contribution is 2.27. The molecule has 0 saturated carbocycles. The number of halogens is 1. The molecule has 9 heteroatoms. The predicted molar refractivity (Wildman–Crippen MR) is 83.8 cm³/mol. The fourth-order valence-corrected chi connectivity index (χ4v) is 2.14. The van der Waals surface area contributed by atoms with Crippen molar-refractivity contribution in [3.8, 4) is 5.75 Å². The molecule has 122 valence electrons. The van der Waals surface area contributed by atoms with Gasteiger partial charge in [-0.1, -0.05) is 11.6 Å². The van der Waals surface area contributed by atoms with Crippen molar-refractivity contribution >= 4 is 23.2 Å². The Hall–Kier alpha value is -2.61. The predicted octanol–water partition coefficient (Wildman–Crippen LogP) is 2.27. The van der Waals surface area contributed by atoms with E-state index in [-0.39, 0.29) is 22.9 Å². The van der Waals surface area contributed by atoms with Crippen LogP contribution in [0.3, 0.4) is 0 Å². The van der Waals surface area contributed by atoms with E-state index in [4.69, 9.17) is 16.3 Å². The van der Waals surface area contributed by atoms with Gasteiger partial charge in [0.05, 0.1) is 23.3 Å². The van der Waals surface area contributed by atoms with Gasteiger partial charge in [-0.3, -0.25) is 19.6 Å². The molecule has 0 aliphatic carbocycles. The molecule has 1 aromatic heterocycles. The van der Waals surface area contributed by atoms with Crippen molar-refractivity contribution in [2.75, 3.05) is 13.7 Å². The van der Waals surface area contributed by atoms with Crippen LogP contribution in [-0.4, -0.2) is 34.3 Å². The second-order valence-electron chi connectivity index (χ2n) is 4.67. The normalized spacial score (nSPS) is 10.3. The summed E-state index contributed by atoms with van der Waals surface area (Å²) in [6, 6.07) is 4.08. The quantitative estimate of drug-likeness (QED) is 0.474. The second kappa shape index (κ2) is 7.59. The van der Waals surface area contributed by atoms with Crippen LogP contribution in [0.15, 0.2) is 30.6 Å². The van der Waals surface area contributed by atoms with E-state index in [0.717, 1.165) is 0 Å². The van der Waals surface area contributed by atoms with Crippen molar-refractivity contribution in [1.82, 2.24) is 15.1 Å². The lowest BCUT2D eigenvalue weighted by molar-refractivity contribution is -0.385. The Morgan fingerprint density at radius 3 is 2.91 bits per heavy atom. The van der Waals surface area contributed by atoms with Gasteiger partial charge in [-0.15, -0.1) is 0 Å². The van der Waals surface area contributed by atoms with E-state index in [1.165, 1.54) is 31.5 Å². The summed E-state index contributed by atoms with van der Waals surface area (Å²) in [6.07, 6.45) is 3.88. The minimum absolute atomic E-state index is 0.113. The van der Waals surface area contributed by atoms with Crippen molar-refractivity contribution < 1.29 is 14.5 Å². The maximum absolute atomic E-state index is 12.0. The first-order chi connectivity index (χ1) is 11.0. The molecule has 1 heterocycles. The van der Waals surface area contributed by atoms with E-state index in [1.54, 1.807) is 10.9 Å². The molecule has 0 spiro atoms. The zero-order valence-electron chi connectivity index (χ0n) is 12.4. The lowest BCUT2D eigenvalue weighted by Crippen LogP contribution is -2.25. The molecule has 1 aromatic carbocycles. The third-order valence-electron chi connectivity index (χ3n) is 3.09. The fourth-order valence-electron chi connectivity index (χ4n) is 1.98. The summed E-state index contributed by atoms with van der Waals surface area (Å²) in [4.78, 5) is 22.4. The molecule has 0 saturated heterocycles. The second-order valence-corrected chi connectivity index (χ2v) is 5.11. The maximum Gasteiger partial charge on any atom is 0.311 e. The number of benzene rings is 1. The zero-order valence-corrected chi connectivity index (χ0v) is 13.1. The molecule has 0 aliphatic heterocycles. The molecule has 23 heavy (non-hydrogen) atoms. The summed E-state index contributed by atoms with van der Waals surface area (Å²) >= 11 is 5.75. The maximum atomic E-state index is 12.0. The summed E-state index contributed by atoms with van der Waals surface area (Å²) in [5.74, 6) is -0.267. The third-order valence-corrected chi connectivity index (χ3v) is 3.28. The van der Waals surface area contributed by atoms with E-state index in [9.17, 15) is 14.9 Å². The number of carbonyl (C=O) groups is 1. The molecule has 0 atom stereocenters. The Morgan fingerprint density at radius 2 is 2.30 bits per heavy atom. The Kier molecular flexibility index (Phi) is 5.53. The number of ether oxygens (including phenoxy) is 1. The standard InChI is InChI=1S/C14H15ClN4O4/c1-23-13-4-3-10(7-12(13)19(21)22)14(20)16-5-2-6-18-9-11(15)8-17-18/h3-4,7-9H,2,5-6H2,1H3,(H,16,20). The number of nitrogens with zero attached hydrogens (tertiary/aromatic N) is 3. The molecule has 0 unspecified atom stereocenters.